The van der Waals surface area contributed by atoms with Crippen molar-refractivity contribution in [3.8, 4) is 6.07 Å². The Morgan fingerprint density at radius 3 is 3.00 bits per heavy atom. The zero-order valence-electron chi connectivity index (χ0n) is 7.42. The quantitative estimate of drug-likeness (QED) is 0.766. The molecule has 1 fully saturated rings. The molecule has 0 saturated heterocycles. The van der Waals surface area contributed by atoms with E-state index in [0.717, 1.165) is 12.8 Å². The van der Waals surface area contributed by atoms with Crippen LogP contribution in [0.4, 0.5) is 0 Å². The maximum atomic E-state index is 11.0. The number of carboxylic acids is 1. The van der Waals surface area contributed by atoms with Crippen LogP contribution in [0.15, 0.2) is 12.4 Å². The highest BCUT2D eigenvalue weighted by molar-refractivity contribution is 5.73. The maximum absolute atomic E-state index is 11.0. The van der Waals surface area contributed by atoms with Gasteiger partial charge in [0.25, 0.3) is 0 Å². The second-order valence-electron chi connectivity index (χ2n) is 3.39. The zero-order valence-corrected chi connectivity index (χ0v) is 7.42. The van der Waals surface area contributed by atoms with Gasteiger partial charge in [0, 0.05) is 12.4 Å². The molecule has 0 amide bonds. The van der Waals surface area contributed by atoms with Crippen LogP contribution >= 0.6 is 0 Å². The van der Waals surface area contributed by atoms with E-state index in [9.17, 15) is 4.79 Å². The van der Waals surface area contributed by atoms with Crippen LogP contribution in [0.3, 0.4) is 0 Å². The summed E-state index contributed by atoms with van der Waals surface area (Å²) < 4.78 is 1.44. The van der Waals surface area contributed by atoms with Gasteiger partial charge in [-0.05, 0) is 18.8 Å². The normalized spacial score (nSPS) is 17.4. The molecule has 0 aromatic carbocycles. The lowest BCUT2D eigenvalue weighted by atomic mass is 10.2. The molecule has 0 radical (unpaired) electrons. The van der Waals surface area contributed by atoms with E-state index in [0.29, 0.717) is 0 Å². The van der Waals surface area contributed by atoms with Gasteiger partial charge in [-0.2, -0.15) is 5.26 Å². The molecule has 1 atom stereocenters. The molecular formula is C9H9N3O2. The van der Waals surface area contributed by atoms with Crippen LogP contribution < -0.4 is 0 Å². The summed E-state index contributed by atoms with van der Waals surface area (Å²) in [6.45, 7) is 0. The Labute approximate surface area is 80.6 Å². The minimum absolute atomic E-state index is 0.161. The van der Waals surface area contributed by atoms with Crippen molar-refractivity contribution in [3.05, 3.63) is 18.2 Å². The van der Waals surface area contributed by atoms with Crippen molar-refractivity contribution < 1.29 is 9.90 Å². The molecule has 0 aliphatic heterocycles. The lowest BCUT2D eigenvalue weighted by molar-refractivity contribution is -0.141. The average Bonchev–Trinajstić information content (AvgIpc) is 2.84. The molecule has 1 aromatic heterocycles. The van der Waals surface area contributed by atoms with E-state index in [1.807, 2.05) is 6.07 Å². The van der Waals surface area contributed by atoms with Crippen molar-refractivity contribution in [2.45, 2.75) is 18.9 Å². The third-order valence-corrected chi connectivity index (χ3v) is 2.39. The van der Waals surface area contributed by atoms with Crippen molar-refractivity contribution >= 4 is 5.97 Å². The van der Waals surface area contributed by atoms with E-state index < -0.39 is 12.0 Å². The molecule has 1 saturated carbocycles. The maximum Gasteiger partial charge on any atom is 0.327 e. The van der Waals surface area contributed by atoms with Gasteiger partial charge in [-0.3, -0.25) is 0 Å². The minimum Gasteiger partial charge on any atom is -0.480 e. The Balaban J connectivity index is 2.35. The standard InChI is InChI=1S/C9H9N3O2/c10-5-7-11-3-4-12(7)8(9(13)14)6-1-2-6/h3-4,6,8H,1-2H2,(H,13,14). The molecular weight excluding hydrogens is 182 g/mol. The molecule has 1 heterocycles. The lowest BCUT2D eigenvalue weighted by Gasteiger charge is -2.12. The third-order valence-electron chi connectivity index (χ3n) is 2.39. The molecule has 1 aliphatic carbocycles. The molecule has 5 nitrogen and oxygen atoms in total. The first kappa shape index (κ1) is 8.75. The Hall–Kier alpha value is -1.83. The number of imidazole rings is 1. The fourth-order valence-corrected chi connectivity index (χ4v) is 1.58. The van der Waals surface area contributed by atoms with Gasteiger partial charge in [0.1, 0.15) is 12.1 Å². The molecule has 72 valence electrons. The van der Waals surface area contributed by atoms with Crippen molar-refractivity contribution in [1.29, 1.82) is 5.26 Å². The van der Waals surface area contributed by atoms with Crippen LogP contribution in [0.2, 0.25) is 0 Å². The second-order valence-corrected chi connectivity index (χ2v) is 3.39. The zero-order chi connectivity index (χ0) is 10.1. The number of carboxylic acid groups (broad SMARTS) is 1. The first-order chi connectivity index (χ1) is 6.74. The number of hydrogen-bond acceptors (Lipinski definition) is 3. The smallest absolute Gasteiger partial charge is 0.327 e. The van der Waals surface area contributed by atoms with Crippen molar-refractivity contribution in [3.63, 3.8) is 0 Å². The molecule has 0 bridgehead atoms. The number of aliphatic carboxylic acids is 1. The summed E-state index contributed by atoms with van der Waals surface area (Å²) in [7, 11) is 0. The number of hydrogen-bond donors (Lipinski definition) is 1. The number of carbonyl (C=O) groups is 1. The third kappa shape index (κ3) is 1.35. The Kier molecular flexibility index (Phi) is 1.97. The number of nitrogens with zero attached hydrogens (tertiary/aromatic N) is 3. The van der Waals surface area contributed by atoms with Gasteiger partial charge in [-0.15, -0.1) is 0 Å². The fraction of sp³-hybridized carbons (Fsp3) is 0.444. The monoisotopic (exact) mass is 191 g/mol. The number of nitriles is 1. The molecule has 14 heavy (non-hydrogen) atoms. The fourth-order valence-electron chi connectivity index (χ4n) is 1.58. The molecule has 5 heteroatoms. The SMILES string of the molecule is N#Cc1nccn1C(C(=O)O)C1CC1. The summed E-state index contributed by atoms with van der Waals surface area (Å²) in [5, 5.41) is 17.7. The van der Waals surface area contributed by atoms with Crippen molar-refractivity contribution in [2.75, 3.05) is 0 Å². The summed E-state index contributed by atoms with van der Waals surface area (Å²) in [4.78, 5) is 14.8. The Morgan fingerprint density at radius 1 is 1.79 bits per heavy atom. The van der Waals surface area contributed by atoms with Crippen LogP contribution in [0, 0.1) is 17.2 Å². The van der Waals surface area contributed by atoms with Crippen LogP contribution in [-0.2, 0) is 4.79 Å². The highest BCUT2D eigenvalue weighted by atomic mass is 16.4. The summed E-state index contributed by atoms with van der Waals surface area (Å²) in [6, 6.07) is 1.26. The largest absolute Gasteiger partial charge is 0.480 e. The van der Waals surface area contributed by atoms with Gasteiger partial charge in [0.15, 0.2) is 0 Å². The first-order valence-electron chi connectivity index (χ1n) is 4.39. The van der Waals surface area contributed by atoms with Crippen LogP contribution in [0.25, 0.3) is 0 Å². The van der Waals surface area contributed by atoms with Gasteiger partial charge in [-0.25, -0.2) is 9.78 Å². The van der Waals surface area contributed by atoms with Crippen LogP contribution in [-0.4, -0.2) is 20.6 Å². The van der Waals surface area contributed by atoms with E-state index in [1.54, 1.807) is 6.20 Å². The summed E-state index contributed by atoms with van der Waals surface area (Å²) in [5.41, 5.74) is 0. The van der Waals surface area contributed by atoms with E-state index in [1.165, 1.54) is 10.8 Å². The van der Waals surface area contributed by atoms with E-state index >= 15 is 0 Å². The predicted molar refractivity (Wildman–Crippen MR) is 46.3 cm³/mol. The molecule has 2 rings (SSSR count). The molecule has 1 aliphatic rings. The van der Waals surface area contributed by atoms with Crippen LogP contribution in [0.5, 0.6) is 0 Å². The van der Waals surface area contributed by atoms with Crippen molar-refractivity contribution in [2.24, 2.45) is 5.92 Å². The predicted octanol–water partition coefficient (Wildman–Crippen LogP) is 0.790. The highest BCUT2D eigenvalue weighted by Crippen LogP contribution is 2.40. The van der Waals surface area contributed by atoms with E-state index in [4.69, 9.17) is 10.4 Å². The summed E-state index contributed by atoms with van der Waals surface area (Å²) in [6.07, 6.45) is 4.84. The molecule has 1 aromatic rings. The summed E-state index contributed by atoms with van der Waals surface area (Å²) in [5.74, 6) is -0.555. The highest BCUT2D eigenvalue weighted by Gasteiger charge is 2.38. The average molecular weight is 191 g/mol. The van der Waals surface area contributed by atoms with Gasteiger partial charge < -0.3 is 9.67 Å². The van der Waals surface area contributed by atoms with Crippen LogP contribution in [0.1, 0.15) is 24.7 Å². The number of aromatic nitrogens is 2. The van der Waals surface area contributed by atoms with Gasteiger partial charge in [0.05, 0.1) is 0 Å². The molecule has 1 unspecified atom stereocenters. The van der Waals surface area contributed by atoms with Crippen molar-refractivity contribution in [1.82, 2.24) is 9.55 Å². The van der Waals surface area contributed by atoms with Gasteiger partial charge in [0.2, 0.25) is 5.82 Å². The van der Waals surface area contributed by atoms with Gasteiger partial charge >= 0.3 is 5.97 Å². The molecule has 1 N–H and O–H groups in total. The molecule has 0 spiro atoms. The second kappa shape index (κ2) is 3.14. The van der Waals surface area contributed by atoms with E-state index in [-0.39, 0.29) is 11.7 Å². The first-order valence-corrected chi connectivity index (χ1v) is 4.39. The minimum atomic E-state index is -0.887. The van der Waals surface area contributed by atoms with E-state index in [2.05, 4.69) is 4.98 Å². The summed E-state index contributed by atoms with van der Waals surface area (Å²) >= 11 is 0. The lowest BCUT2D eigenvalue weighted by Crippen LogP contribution is -2.21. The Morgan fingerprint density at radius 2 is 2.50 bits per heavy atom. The Bertz CT molecular complexity index is 400. The topological polar surface area (TPSA) is 78.9 Å². The number of rotatable bonds is 3. The van der Waals surface area contributed by atoms with Gasteiger partial charge in [-0.1, -0.05) is 0 Å².